The Morgan fingerprint density at radius 3 is 2.22 bits per heavy atom. The average Bonchev–Trinajstić information content (AvgIpc) is 2.37. The van der Waals surface area contributed by atoms with Crippen LogP contribution >= 0.6 is 0 Å². The molecule has 0 aromatic heterocycles. The molecule has 2 N–H and O–H groups in total. The smallest absolute Gasteiger partial charge is 0.376 e. The molecule has 0 aliphatic heterocycles. The Bertz CT molecular complexity index is 503. The van der Waals surface area contributed by atoms with Gasteiger partial charge in [0.1, 0.15) is 5.76 Å². The predicted octanol–water partition coefficient (Wildman–Crippen LogP) is 1.26. The number of benzene rings is 1. The molecule has 0 atom stereocenters. The minimum Gasteiger partial charge on any atom is -0.507 e. The molecule has 6 heteroatoms. The third-order valence-electron chi connectivity index (χ3n) is 2.16. The Kier molecular flexibility index (Phi) is 4.31. The third-order valence-corrected chi connectivity index (χ3v) is 2.16. The summed E-state index contributed by atoms with van der Waals surface area (Å²) in [7, 11) is 2.88. The Morgan fingerprint density at radius 2 is 1.72 bits per heavy atom. The van der Waals surface area contributed by atoms with Crippen molar-refractivity contribution >= 4 is 17.5 Å². The molecular weight excluding hydrogens is 240 g/mol. The van der Waals surface area contributed by atoms with Crippen LogP contribution in [0.5, 0.6) is 11.5 Å². The molecule has 0 aliphatic rings. The number of hydrogen-bond donors (Lipinski definition) is 2. The van der Waals surface area contributed by atoms with Crippen LogP contribution in [-0.2, 0) is 9.59 Å². The lowest BCUT2D eigenvalue weighted by Gasteiger charge is -2.08. The predicted molar refractivity (Wildman–Crippen MR) is 62.8 cm³/mol. The van der Waals surface area contributed by atoms with Crippen molar-refractivity contribution in [2.75, 3.05) is 14.2 Å². The van der Waals surface area contributed by atoms with Gasteiger partial charge in [0.2, 0.25) is 0 Å². The van der Waals surface area contributed by atoms with E-state index in [9.17, 15) is 14.7 Å². The highest BCUT2D eigenvalue weighted by atomic mass is 16.5. The number of carbonyl (C=O) groups is 2. The average molecular weight is 252 g/mol. The van der Waals surface area contributed by atoms with Gasteiger partial charge in [0.05, 0.1) is 14.2 Å². The first-order valence-corrected chi connectivity index (χ1v) is 4.90. The van der Waals surface area contributed by atoms with Crippen molar-refractivity contribution in [3.8, 4) is 11.5 Å². The van der Waals surface area contributed by atoms with Crippen molar-refractivity contribution in [1.82, 2.24) is 0 Å². The summed E-state index contributed by atoms with van der Waals surface area (Å²) in [5, 5.41) is 18.0. The van der Waals surface area contributed by atoms with Gasteiger partial charge in [0.15, 0.2) is 11.5 Å². The summed E-state index contributed by atoms with van der Waals surface area (Å²) in [4.78, 5) is 21.3. The maximum atomic E-state index is 10.9. The number of carboxylic acid groups (broad SMARTS) is 1. The second-order valence-corrected chi connectivity index (χ2v) is 3.27. The van der Waals surface area contributed by atoms with Crippen molar-refractivity contribution < 1.29 is 29.3 Å². The molecule has 6 nitrogen and oxygen atoms in total. The maximum Gasteiger partial charge on any atom is 0.376 e. The fourth-order valence-electron chi connectivity index (χ4n) is 1.26. The van der Waals surface area contributed by atoms with E-state index in [0.717, 1.165) is 0 Å². The fourth-order valence-corrected chi connectivity index (χ4v) is 1.26. The molecule has 0 bridgehead atoms. The molecule has 1 aromatic carbocycles. The number of aliphatic hydroxyl groups is 1. The van der Waals surface area contributed by atoms with Gasteiger partial charge in [-0.3, -0.25) is 4.79 Å². The second kappa shape index (κ2) is 5.72. The quantitative estimate of drug-likeness (QED) is 0.465. The summed E-state index contributed by atoms with van der Waals surface area (Å²) in [5.41, 5.74) is 0.252. The molecule has 0 spiro atoms. The fraction of sp³-hybridized carbons (Fsp3) is 0.167. The molecule has 0 saturated carbocycles. The van der Waals surface area contributed by atoms with E-state index in [1.165, 1.54) is 32.4 Å². The molecule has 0 amide bonds. The summed E-state index contributed by atoms with van der Waals surface area (Å²) in [5.74, 6) is -2.48. The molecular formula is C12H12O6. The third kappa shape index (κ3) is 3.00. The molecule has 1 rings (SSSR count). The van der Waals surface area contributed by atoms with Crippen molar-refractivity contribution in [1.29, 1.82) is 0 Å². The van der Waals surface area contributed by atoms with Crippen LogP contribution in [0.15, 0.2) is 24.3 Å². The lowest BCUT2D eigenvalue weighted by molar-refractivity contribution is -0.146. The standard InChI is InChI=1S/C12H12O6/c1-17-10-4-3-7(5-11(10)18-2)8(13)6-9(14)12(15)16/h3-6,13H,1-2H3,(H,15,16)/b8-6-. The van der Waals surface area contributed by atoms with Crippen LogP contribution in [0.1, 0.15) is 5.56 Å². The van der Waals surface area contributed by atoms with E-state index in [1.54, 1.807) is 0 Å². The molecule has 0 heterocycles. The minimum absolute atomic E-state index is 0.252. The van der Waals surface area contributed by atoms with Crippen LogP contribution in [0.3, 0.4) is 0 Å². The summed E-state index contributed by atoms with van der Waals surface area (Å²) in [6.07, 6.45) is 0.629. The summed E-state index contributed by atoms with van der Waals surface area (Å²) >= 11 is 0. The first-order chi connectivity index (χ1) is 8.49. The van der Waals surface area contributed by atoms with Gasteiger partial charge in [-0.15, -0.1) is 0 Å². The highest BCUT2D eigenvalue weighted by Gasteiger charge is 2.12. The zero-order valence-corrected chi connectivity index (χ0v) is 9.84. The Morgan fingerprint density at radius 1 is 1.11 bits per heavy atom. The van der Waals surface area contributed by atoms with Gasteiger partial charge in [0.25, 0.3) is 5.78 Å². The lowest BCUT2D eigenvalue weighted by atomic mass is 10.1. The first kappa shape index (κ1) is 13.6. The summed E-state index contributed by atoms with van der Waals surface area (Å²) in [6.45, 7) is 0. The lowest BCUT2D eigenvalue weighted by Crippen LogP contribution is -2.09. The van der Waals surface area contributed by atoms with Crippen LogP contribution in [-0.4, -0.2) is 36.2 Å². The van der Waals surface area contributed by atoms with Crippen LogP contribution < -0.4 is 9.47 Å². The molecule has 0 unspecified atom stereocenters. The summed E-state index contributed by atoms with van der Waals surface area (Å²) < 4.78 is 10.0. The van der Waals surface area contributed by atoms with Crippen molar-refractivity contribution in [2.45, 2.75) is 0 Å². The van der Waals surface area contributed by atoms with E-state index in [-0.39, 0.29) is 5.56 Å². The van der Waals surface area contributed by atoms with Crippen molar-refractivity contribution in [3.63, 3.8) is 0 Å². The number of ether oxygens (including phenoxy) is 2. The zero-order valence-electron chi connectivity index (χ0n) is 9.84. The molecule has 0 saturated heterocycles. The Hall–Kier alpha value is -2.50. The van der Waals surface area contributed by atoms with E-state index >= 15 is 0 Å². The Balaban J connectivity index is 3.11. The highest BCUT2D eigenvalue weighted by molar-refractivity contribution is 6.38. The van der Waals surface area contributed by atoms with Crippen LogP contribution in [0.25, 0.3) is 5.76 Å². The number of carbonyl (C=O) groups excluding carboxylic acids is 1. The number of carboxylic acids is 1. The molecule has 1 aromatic rings. The van der Waals surface area contributed by atoms with Crippen LogP contribution in [0.2, 0.25) is 0 Å². The molecule has 0 fully saturated rings. The summed E-state index contributed by atoms with van der Waals surface area (Å²) in [6, 6.07) is 4.44. The van der Waals surface area contributed by atoms with Gasteiger partial charge in [-0.1, -0.05) is 0 Å². The molecule has 96 valence electrons. The number of methoxy groups -OCH3 is 2. The second-order valence-electron chi connectivity index (χ2n) is 3.27. The largest absolute Gasteiger partial charge is 0.507 e. The van der Waals surface area contributed by atoms with Gasteiger partial charge in [-0.2, -0.15) is 0 Å². The highest BCUT2D eigenvalue weighted by Crippen LogP contribution is 2.29. The SMILES string of the molecule is COc1ccc(/C(O)=C/C(=O)C(=O)O)cc1OC. The van der Waals surface area contributed by atoms with Crippen LogP contribution in [0, 0.1) is 0 Å². The van der Waals surface area contributed by atoms with E-state index < -0.39 is 17.5 Å². The van der Waals surface area contributed by atoms with E-state index in [2.05, 4.69) is 0 Å². The number of hydrogen-bond acceptors (Lipinski definition) is 5. The van der Waals surface area contributed by atoms with Crippen molar-refractivity contribution in [2.24, 2.45) is 0 Å². The van der Waals surface area contributed by atoms with Gasteiger partial charge in [0, 0.05) is 11.6 Å². The zero-order chi connectivity index (χ0) is 13.7. The van der Waals surface area contributed by atoms with Crippen molar-refractivity contribution in [3.05, 3.63) is 29.8 Å². The first-order valence-electron chi connectivity index (χ1n) is 4.90. The van der Waals surface area contributed by atoms with Crippen LogP contribution in [0.4, 0.5) is 0 Å². The monoisotopic (exact) mass is 252 g/mol. The number of ketones is 1. The van der Waals surface area contributed by atoms with Gasteiger partial charge in [-0.05, 0) is 18.2 Å². The van der Waals surface area contributed by atoms with Gasteiger partial charge < -0.3 is 19.7 Å². The number of rotatable bonds is 5. The molecule has 0 aliphatic carbocycles. The van der Waals surface area contributed by atoms with E-state index in [1.807, 2.05) is 0 Å². The molecule has 0 radical (unpaired) electrons. The minimum atomic E-state index is -1.64. The Labute approximate surface area is 103 Å². The topological polar surface area (TPSA) is 93.1 Å². The van der Waals surface area contributed by atoms with Gasteiger partial charge in [-0.25, -0.2) is 4.79 Å². The molecule has 18 heavy (non-hydrogen) atoms. The maximum absolute atomic E-state index is 10.9. The number of aliphatic carboxylic acids is 1. The van der Waals surface area contributed by atoms with Gasteiger partial charge >= 0.3 is 5.97 Å². The van der Waals surface area contributed by atoms with E-state index in [0.29, 0.717) is 17.6 Å². The number of aliphatic hydroxyl groups excluding tert-OH is 1. The normalized spacial score (nSPS) is 10.9. The van der Waals surface area contributed by atoms with E-state index in [4.69, 9.17) is 14.6 Å².